The van der Waals surface area contributed by atoms with E-state index in [1.54, 1.807) is 35.7 Å². The molecule has 1 aliphatic heterocycles. The SMILES string of the molecule is CSc1cc2c(cc1SC)C(=O)OC2=O. The van der Waals surface area contributed by atoms with E-state index in [2.05, 4.69) is 4.74 Å². The lowest BCUT2D eigenvalue weighted by molar-refractivity contribution is 0.0443. The molecular formula is C10H8O3S2. The summed E-state index contributed by atoms with van der Waals surface area (Å²) in [7, 11) is 0. The number of carbonyl (C=O) groups excluding carboxylic acids is 2. The Morgan fingerprint density at radius 1 is 0.933 bits per heavy atom. The molecule has 78 valence electrons. The predicted molar refractivity (Wildman–Crippen MR) is 59.8 cm³/mol. The van der Waals surface area contributed by atoms with Crippen LogP contribution in [0.2, 0.25) is 0 Å². The molecule has 2 rings (SSSR count). The number of fused-ring (bicyclic) bond motifs is 1. The van der Waals surface area contributed by atoms with Crippen molar-refractivity contribution in [2.24, 2.45) is 0 Å². The van der Waals surface area contributed by atoms with Crippen LogP contribution in [-0.4, -0.2) is 24.5 Å². The van der Waals surface area contributed by atoms with Crippen molar-refractivity contribution in [1.29, 1.82) is 0 Å². The molecule has 0 spiro atoms. The molecule has 1 aliphatic rings. The Bertz CT molecular complexity index is 413. The summed E-state index contributed by atoms with van der Waals surface area (Å²) in [5, 5.41) is 0. The number of hydrogen-bond donors (Lipinski definition) is 0. The summed E-state index contributed by atoms with van der Waals surface area (Å²) in [5.41, 5.74) is 0.754. The molecule has 0 aliphatic carbocycles. The third-order valence-electron chi connectivity index (χ3n) is 2.15. The van der Waals surface area contributed by atoms with Crippen LogP contribution < -0.4 is 0 Å². The lowest BCUT2D eigenvalue weighted by Gasteiger charge is -2.04. The van der Waals surface area contributed by atoms with Crippen molar-refractivity contribution in [3.05, 3.63) is 23.3 Å². The molecule has 0 saturated heterocycles. The first-order valence-corrected chi connectivity index (χ1v) is 6.65. The van der Waals surface area contributed by atoms with Gasteiger partial charge in [0.05, 0.1) is 11.1 Å². The van der Waals surface area contributed by atoms with Crippen LogP contribution in [0.25, 0.3) is 0 Å². The van der Waals surface area contributed by atoms with Gasteiger partial charge < -0.3 is 4.74 Å². The van der Waals surface area contributed by atoms with Crippen LogP contribution in [0.15, 0.2) is 21.9 Å². The molecule has 0 amide bonds. The monoisotopic (exact) mass is 240 g/mol. The highest BCUT2D eigenvalue weighted by Crippen LogP contribution is 2.33. The fourth-order valence-corrected chi connectivity index (χ4v) is 2.90. The van der Waals surface area contributed by atoms with Gasteiger partial charge in [0.25, 0.3) is 0 Å². The molecule has 0 fully saturated rings. The summed E-state index contributed by atoms with van der Waals surface area (Å²) in [6.45, 7) is 0. The van der Waals surface area contributed by atoms with Crippen molar-refractivity contribution in [3.63, 3.8) is 0 Å². The van der Waals surface area contributed by atoms with Crippen molar-refractivity contribution < 1.29 is 14.3 Å². The molecule has 0 bridgehead atoms. The lowest BCUT2D eigenvalue weighted by Crippen LogP contribution is -1.96. The number of hydrogen-bond acceptors (Lipinski definition) is 5. The highest BCUT2D eigenvalue weighted by Gasteiger charge is 2.30. The first kappa shape index (κ1) is 10.6. The van der Waals surface area contributed by atoms with Gasteiger partial charge in [-0.25, -0.2) is 9.59 Å². The van der Waals surface area contributed by atoms with Crippen molar-refractivity contribution in [2.45, 2.75) is 9.79 Å². The average Bonchev–Trinajstić information content (AvgIpc) is 2.52. The van der Waals surface area contributed by atoms with E-state index in [-0.39, 0.29) is 0 Å². The summed E-state index contributed by atoms with van der Waals surface area (Å²) in [6.07, 6.45) is 3.87. The Balaban J connectivity index is 2.63. The summed E-state index contributed by atoms with van der Waals surface area (Å²) in [4.78, 5) is 24.6. The molecular weight excluding hydrogens is 232 g/mol. The smallest absolute Gasteiger partial charge is 0.346 e. The lowest BCUT2D eigenvalue weighted by atomic mass is 10.1. The van der Waals surface area contributed by atoms with Gasteiger partial charge in [-0.05, 0) is 24.6 Å². The molecule has 0 radical (unpaired) electrons. The Morgan fingerprint density at radius 2 is 1.33 bits per heavy atom. The topological polar surface area (TPSA) is 43.4 Å². The van der Waals surface area contributed by atoms with E-state index in [4.69, 9.17) is 0 Å². The van der Waals surface area contributed by atoms with E-state index in [1.807, 2.05) is 12.5 Å². The second-order valence-electron chi connectivity index (χ2n) is 2.93. The minimum Gasteiger partial charge on any atom is -0.386 e. The van der Waals surface area contributed by atoms with Crippen LogP contribution in [0.4, 0.5) is 0 Å². The van der Waals surface area contributed by atoms with Crippen LogP contribution in [0.5, 0.6) is 0 Å². The van der Waals surface area contributed by atoms with E-state index in [9.17, 15) is 9.59 Å². The maximum atomic E-state index is 11.3. The van der Waals surface area contributed by atoms with E-state index < -0.39 is 11.9 Å². The number of carbonyl (C=O) groups is 2. The molecule has 1 heterocycles. The van der Waals surface area contributed by atoms with Gasteiger partial charge in [0.1, 0.15) is 0 Å². The Morgan fingerprint density at radius 3 is 1.67 bits per heavy atom. The molecule has 0 saturated carbocycles. The highest BCUT2D eigenvalue weighted by atomic mass is 32.2. The minimum absolute atomic E-state index is 0.377. The Kier molecular flexibility index (Phi) is 2.75. The fraction of sp³-hybridized carbons (Fsp3) is 0.200. The Labute approximate surface area is 95.6 Å². The van der Waals surface area contributed by atoms with E-state index in [1.165, 1.54) is 0 Å². The number of thioether (sulfide) groups is 2. The van der Waals surface area contributed by atoms with E-state index in [0.717, 1.165) is 9.79 Å². The van der Waals surface area contributed by atoms with Gasteiger partial charge in [0, 0.05) is 9.79 Å². The zero-order valence-electron chi connectivity index (χ0n) is 8.20. The maximum Gasteiger partial charge on any atom is 0.346 e. The highest BCUT2D eigenvalue weighted by molar-refractivity contribution is 8.01. The predicted octanol–water partition coefficient (Wildman–Crippen LogP) is 2.44. The molecule has 5 heteroatoms. The van der Waals surface area contributed by atoms with Gasteiger partial charge in [0.2, 0.25) is 0 Å². The minimum atomic E-state index is -0.544. The first-order valence-electron chi connectivity index (χ1n) is 4.20. The number of esters is 2. The van der Waals surface area contributed by atoms with Crippen LogP contribution in [0.3, 0.4) is 0 Å². The Hall–Kier alpha value is -0.940. The average molecular weight is 240 g/mol. The van der Waals surface area contributed by atoms with Crippen LogP contribution in [0.1, 0.15) is 20.7 Å². The van der Waals surface area contributed by atoms with E-state index in [0.29, 0.717) is 11.1 Å². The zero-order chi connectivity index (χ0) is 11.0. The van der Waals surface area contributed by atoms with Gasteiger partial charge in [-0.3, -0.25) is 0 Å². The van der Waals surface area contributed by atoms with Crippen molar-refractivity contribution in [3.8, 4) is 0 Å². The van der Waals surface area contributed by atoms with Crippen molar-refractivity contribution >= 4 is 35.5 Å². The number of cyclic esters (lactones) is 2. The number of rotatable bonds is 2. The molecule has 0 N–H and O–H groups in total. The van der Waals surface area contributed by atoms with Crippen LogP contribution >= 0.6 is 23.5 Å². The van der Waals surface area contributed by atoms with Crippen molar-refractivity contribution in [2.75, 3.05) is 12.5 Å². The van der Waals surface area contributed by atoms with Gasteiger partial charge in [-0.15, -0.1) is 23.5 Å². The summed E-state index contributed by atoms with van der Waals surface area (Å²) in [5.74, 6) is -1.09. The molecule has 0 atom stereocenters. The second kappa shape index (κ2) is 3.90. The molecule has 1 aromatic rings. The molecule has 15 heavy (non-hydrogen) atoms. The first-order chi connectivity index (χ1) is 7.17. The third kappa shape index (κ3) is 1.66. The fourth-order valence-electron chi connectivity index (χ4n) is 1.41. The molecule has 1 aromatic carbocycles. The normalized spacial score (nSPS) is 14.0. The molecule has 0 aromatic heterocycles. The van der Waals surface area contributed by atoms with Gasteiger partial charge in [0.15, 0.2) is 0 Å². The van der Waals surface area contributed by atoms with Gasteiger partial charge in [-0.1, -0.05) is 0 Å². The quantitative estimate of drug-likeness (QED) is 0.451. The van der Waals surface area contributed by atoms with E-state index >= 15 is 0 Å². The summed E-state index contributed by atoms with van der Waals surface area (Å²) in [6, 6.07) is 3.44. The standard InChI is InChI=1S/C10H8O3S2/c1-14-7-3-5-6(4-8(7)15-2)10(12)13-9(5)11/h3-4H,1-2H3. The molecule has 0 unspecified atom stereocenters. The second-order valence-corrected chi connectivity index (χ2v) is 4.63. The largest absolute Gasteiger partial charge is 0.386 e. The summed E-state index contributed by atoms with van der Waals surface area (Å²) < 4.78 is 4.53. The molecule has 3 nitrogen and oxygen atoms in total. The van der Waals surface area contributed by atoms with Crippen LogP contribution in [0, 0.1) is 0 Å². The van der Waals surface area contributed by atoms with Gasteiger partial charge in [-0.2, -0.15) is 0 Å². The van der Waals surface area contributed by atoms with Crippen molar-refractivity contribution in [1.82, 2.24) is 0 Å². The zero-order valence-corrected chi connectivity index (χ0v) is 9.83. The number of ether oxygens (including phenoxy) is 1. The van der Waals surface area contributed by atoms with Crippen LogP contribution in [-0.2, 0) is 4.74 Å². The maximum absolute atomic E-state index is 11.3. The summed E-state index contributed by atoms with van der Waals surface area (Å²) >= 11 is 3.10. The number of benzene rings is 1. The third-order valence-corrected chi connectivity index (χ3v) is 3.83. The van der Waals surface area contributed by atoms with Gasteiger partial charge >= 0.3 is 11.9 Å².